The van der Waals surface area contributed by atoms with E-state index in [2.05, 4.69) is 18.3 Å². The molecule has 1 saturated heterocycles. The third-order valence-corrected chi connectivity index (χ3v) is 5.50. The van der Waals surface area contributed by atoms with Gasteiger partial charge in [-0.15, -0.1) is 0 Å². The van der Waals surface area contributed by atoms with Gasteiger partial charge in [0.05, 0.1) is 12.7 Å². The highest BCUT2D eigenvalue weighted by molar-refractivity contribution is 5.95. The zero-order valence-corrected chi connectivity index (χ0v) is 16.2. The van der Waals surface area contributed by atoms with Gasteiger partial charge in [-0.1, -0.05) is 24.3 Å². The first-order valence-electron chi connectivity index (χ1n) is 9.65. The number of hydrogen-bond acceptors (Lipinski definition) is 3. The molecule has 0 spiro atoms. The zero-order chi connectivity index (χ0) is 19.7. The summed E-state index contributed by atoms with van der Waals surface area (Å²) in [6.45, 7) is 5.33. The number of rotatable bonds is 5. The summed E-state index contributed by atoms with van der Waals surface area (Å²) < 4.78 is 5.68. The number of benzene rings is 2. The van der Waals surface area contributed by atoms with Crippen molar-refractivity contribution in [2.24, 2.45) is 0 Å². The largest absolute Gasteiger partial charge is 0.464 e. The van der Waals surface area contributed by atoms with Crippen molar-refractivity contribution in [3.05, 3.63) is 64.9 Å². The van der Waals surface area contributed by atoms with Crippen LogP contribution in [-0.2, 0) is 22.6 Å². The number of nitrogens with one attached hydrogen (secondary N) is 1. The lowest BCUT2D eigenvalue weighted by molar-refractivity contribution is -0.120. The van der Waals surface area contributed by atoms with Crippen molar-refractivity contribution in [2.75, 3.05) is 11.4 Å². The number of amides is 2. The highest BCUT2D eigenvalue weighted by atomic mass is 16.3. The van der Waals surface area contributed by atoms with Gasteiger partial charge in [0.15, 0.2) is 0 Å². The van der Waals surface area contributed by atoms with Crippen molar-refractivity contribution in [3.8, 4) is 0 Å². The minimum atomic E-state index is -0.0419. The van der Waals surface area contributed by atoms with Gasteiger partial charge in [-0.2, -0.15) is 0 Å². The molecule has 1 N–H and O–H groups in total. The second kappa shape index (κ2) is 7.50. The van der Waals surface area contributed by atoms with Gasteiger partial charge in [0.25, 0.3) is 0 Å². The Balaban J connectivity index is 1.37. The second-order valence-electron chi connectivity index (χ2n) is 7.41. The van der Waals surface area contributed by atoms with E-state index in [9.17, 15) is 9.59 Å². The molecule has 0 bridgehead atoms. The number of anilines is 1. The predicted octanol–water partition coefficient (Wildman–Crippen LogP) is 4.04. The van der Waals surface area contributed by atoms with E-state index in [1.807, 2.05) is 42.2 Å². The van der Waals surface area contributed by atoms with Gasteiger partial charge in [0.1, 0.15) is 5.58 Å². The number of carbonyl (C=O) groups is 2. The van der Waals surface area contributed by atoms with Crippen LogP contribution < -0.4 is 10.2 Å². The average Bonchev–Trinajstić information content (AvgIpc) is 3.30. The minimum Gasteiger partial charge on any atom is -0.464 e. The number of aryl methyl sites for hydroxylation is 2. The van der Waals surface area contributed by atoms with Crippen LogP contribution in [-0.4, -0.2) is 18.4 Å². The number of fused-ring (bicyclic) bond motifs is 1. The van der Waals surface area contributed by atoms with Crippen LogP contribution in [0.25, 0.3) is 11.0 Å². The highest BCUT2D eigenvalue weighted by Crippen LogP contribution is 2.27. The normalized spacial score (nSPS) is 14.1. The van der Waals surface area contributed by atoms with Crippen LogP contribution in [0.1, 0.15) is 35.1 Å². The van der Waals surface area contributed by atoms with Crippen molar-refractivity contribution in [1.82, 2.24) is 5.32 Å². The molecule has 0 atom stereocenters. The Labute approximate surface area is 164 Å². The maximum Gasteiger partial charge on any atom is 0.227 e. The molecule has 5 nitrogen and oxygen atoms in total. The van der Waals surface area contributed by atoms with Crippen molar-refractivity contribution >= 4 is 28.5 Å². The second-order valence-corrected chi connectivity index (χ2v) is 7.41. The van der Waals surface area contributed by atoms with Gasteiger partial charge >= 0.3 is 0 Å². The summed E-state index contributed by atoms with van der Waals surface area (Å²) in [4.78, 5) is 26.0. The van der Waals surface area contributed by atoms with Crippen molar-refractivity contribution in [2.45, 2.75) is 39.7 Å². The molecule has 4 rings (SSSR count). The molecule has 144 valence electrons. The first kappa shape index (κ1) is 18.3. The monoisotopic (exact) mass is 376 g/mol. The van der Waals surface area contributed by atoms with Crippen LogP contribution in [0.3, 0.4) is 0 Å². The molecule has 0 aliphatic carbocycles. The van der Waals surface area contributed by atoms with Gasteiger partial charge in [0.2, 0.25) is 11.8 Å². The molecule has 0 unspecified atom stereocenters. The Morgan fingerprint density at radius 2 is 1.93 bits per heavy atom. The Morgan fingerprint density at radius 1 is 1.14 bits per heavy atom. The van der Waals surface area contributed by atoms with E-state index in [-0.39, 0.29) is 18.2 Å². The Bertz CT molecular complexity index is 1030. The molecule has 3 aromatic rings. The van der Waals surface area contributed by atoms with Gasteiger partial charge in [-0.3, -0.25) is 9.59 Å². The fourth-order valence-electron chi connectivity index (χ4n) is 3.68. The van der Waals surface area contributed by atoms with E-state index in [1.165, 1.54) is 5.56 Å². The molecule has 5 heteroatoms. The maximum absolute atomic E-state index is 12.4. The number of nitrogens with zero attached hydrogens (tertiary/aromatic N) is 1. The van der Waals surface area contributed by atoms with Crippen molar-refractivity contribution < 1.29 is 14.0 Å². The fourth-order valence-corrected chi connectivity index (χ4v) is 3.68. The average molecular weight is 376 g/mol. The van der Waals surface area contributed by atoms with E-state index >= 15 is 0 Å². The lowest BCUT2D eigenvalue weighted by Crippen LogP contribution is -2.25. The first-order chi connectivity index (χ1) is 13.5. The maximum atomic E-state index is 12.4. The van der Waals surface area contributed by atoms with Gasteiger partial charge in [-0.25, -0.2) is 0 Å². The summed E-state index contributed by atoms with van der Waals surface area (Å²) in [5, 5.41) is 3.96. The third-order valence-electron chi connectivity index (χ3n) is 5.50. The van der Waals surface area contributed by atoms with E-state index in [0.29, 0.717) is 13.0 Å². The molecular formula is C23H24N2O3. The number of furan rings is 1. The summed E-state index contributed by atoms with van der Waals surface area (Å²) in [6.07, 6.45) is 3.51. The third kappa shape index (κ3) is 3.52. The van der Waals surface area contributed by atoms with Crippen LogP contribution in [0.15, 0.2) is 47.1 Å². The van der Waals surface area contributed by atoms with Crippen LogP contribution in [0.2, 0.25) is 0 Å². The SMILES string of the molecule is Cc1ccc2c(CC(=O)NCc3ccc(N4CCCC4=O)cc3)coc2c1C. The lowest BCUT2D eigenvalue weighted by atomic mass is 10.0. The number of carbonyl (C=O) groups excluding carboxylic acids is 2. The Kier molecular flexibility index (Phi) is 4.90. The molecule has 1 aromatic heterocycles. The van der Waals surface area contributed by atoms with E-state index in [0.717, 1.165) is 46.3 Å². The molecule has 1 aliphatic rings. The highest BCUT2D eigenvalue weighted by Gasteiger charge is 2.21. The summed E-state index contributed by atoms with van der Waals surface area (Å²) in [7, 11) is 0. The van der Waals surface area contributed by atoms with Crippen LogP contribution in [0.5, 0.6) is 0 Å². The van der Waals surface area contributed by atoms with Crippen molar-refractivity contribution in [1.29, 1.82) is 0 Å². The van der Waals surface area contributed by atoms with Crippen molar-refractivity contribution in [3.63, 3.8) is 0 Å². The molecule has 0 radical (unpaired) electrons. The Hall–Kier alpha value is -3.08. The fraction of sp³-hybridized carbons (Fsp3) is 0.304. The molecule has 0 saturated carbocycles. The summed E-state index contributed by atoms with van der Waals surface area (Å²) in [5.41, 5.74) is 5.98. The molecule has 2 aromatic carbocycles. The molecule has 28 heavy (non-hydrogen) atoms. The zero-order valence-electron chi connectivity index (χ0n) is 16.2. The van der Waals surface area contributed by atoms with Gasteiger partial charge < -0.3 is 14.6 Å². The molecule has 1 fully saturated rings. The summed E-state index contributed by atoms with van der Waals surface area (Å²) in [6, 6.07) is 11.9. The summed E-state index contributed by atoms with van der Waals surface area (Å²) in [5.74, 6) is 0.138. The smallest absolute Gasteiger partial charge is 0.227 e. The van der Waals surface area contributed by atoms with E-state index < -0.39 is 0 Å². The van der Waals surface area contributed by atoms with E-state index in [4.69, 9.17) is 4.42 Å². The molecule has 1 aliphatic heterocycles. The first-order valence-corrected chi connectivity index (χ1v) is 9.65. The molecule has 2 heterocycles. The standard InChI is InChI=1S/C23H24N2O3/c1-15-5-10-20-18(14-28-23(20)16(15)2)12-21(26)24-13-17-6-8-19(9-7-17)25-11-3-4-22(25)27/h5-10,14H,3-4,11-13H2,1-2H3,(H,24,26). The molecule has 2 amide bonds. The Morgan fingerprint density at radius 3 is 2.64 bits per heavy atom. The lowest BCUT2D eigenvalue weighted by Gasteiger charge is -2.16. The minimum absolute atomic E-state index is 0.0419. The topological polar surface area (TPSA) is 62.6 Å². The number of hydrogen-bond donors (Lipinski definition) is 1. The van der Waals surface area contributed by atoms with Gasteiger partial charge in [-0.05, 0) is 49.1 Å². The van der Waals surface area contributed by atoms with E-state index in [1.54, 1.807) is 6.26 Å². The predicted molar refractivity (Wildman–Crippen MR) is 109 cm³/mol. The van der Waals surface area contributed by atoms with Crippen LogP contribution in [0.4, 0.5) is 5.69 Å². The summed E-state index contributed by atoms with van der Waals surface area (Å²) >= 11 is 0. The molecular weight excluding hydrogens is 352 g/mol. The quantitative estimate of drug-likeness (QED) is 0.731. The van der Waals surface area contributed by atoms with Crippen LogP contribution >= 0.6 is 0 Å². The van der Waals surface area contributed by atoms with Gasteiger partial charge in [0, 0.05) is 36.1 Å². The van der Waals surface area contributed by atoms with Crippen LogP contribution in [0, 0.1) is 13.8 Å².